The number of hydrogen-bond donors (Lipinski definition) is 0. The predicted octanol–water partition coefficient (Wildman–Crippen LogP) is 3.66. The van der Waals surface area contributed by atoms with Crippen LogP contribution in [0.4, 0.5) is 13.2 Å². The first-order chi connectivity index (χ1) is 11.0. The number of halogens is 4. The number of alkyl halides is 3. The van der Waals surface area contributed by atoms with E-state index in [0.717, 1.165) is 13.2 Å². The summed E-state index contributed by atoms with van der Waals surface area (Å²) >= 11 is 5.81. The molecule has 2 aromatic rings. The molecular formula is C13H10ClF3O6S. The van der Waals surface area contributed by atoms with Crippen LogP contribution in [-0.4, -0.2) is 27.0 Å². The monoisotopic (exact) mass is 386 g/mol. The SMILES string of the molecule is CCc1cc2cc(Cl)c(OS(=O)(=O)C(F)(F)F)c(C(=O)OC)c2o1. The first-order valence-corrected chi connectivity index (χ1v) is 8.14. The normalized spacial score (nSPS) is 12.4. The summed E-state index contributed by atoms with van der Waals surface area (Å²) in [7, 11) is -5.08. The molecule has 0 saturated carbocycles. The fraction of sp³-hybridized carbons (Fsp3) is 0.308. The maximum absolute atomic E-state index is 12.5. The molecule has 11 heteroatoms. The second-order valence-corrected chi connectivity index (χ2v) is 6.47. The van der Waals surface area contributed by atoms with E-state index >= 15 is 0 Å². The van der Waals surface area contributed by atoms with E-state index in [4.69, 9.17) is 16.0 Å². The Labute approximate surface area is 139 Å². The van der Waals surface area contributed by atoms with Gasteiger partial charge in [0.2, 0.25) is 0 Å². The van der Waals surface area contributed by atoms with Gasteiger partial charge in [0.25, 0.3) is 0 Å². The van der Waals surface area contributed by atoms with Crippen LogP contribution in [0.15, 0.2) is 16.5 Å². The van der Waals surface area contributed by atoms with Crippen LogP contribution in [0.2, 0.25) is 5.02 Å². The highest BCUT2D eigenvalue weighted by molar-refractivity contribution is 7.88. The van der Waals surface area contributed by atoms with E-state index in [2.05, 4.69) is 8.92 Å². The first kappa shape index (κ1) is 18.4. The van der Waals surface area contributed by atoms with Gasteiger partial charge in [0.1, 0.15) is 11.3 Å². The zero-order valence-electron chi connectivity index (χ0n) is 12.2. The van der Waals surface area contributed by atoms with Crippen LogP contribution in [0, 0.1) is 0 Å². The molecule has 6 nitrogen and oxygen atoms in total. The number of hydrogen-bond acceptors (Lipinski definition) is 6. The van der Waals surface area contributed by atoms with E-state index in [-0.39, 0.29) is 11.0 Å². The molecule has 0 bridgehead atoms. The average molecular weight is 387 g/mol. The first-order valence-electron chi connectivity index (χ1n) is 6.35. The fourth-order valence-electron chi connectivity index (χ4n) is 1.89. The molecule has 0 aliphatic carbocycles. The Hall–Kier alpha value is -1.94. The molecule has 0 aliphatic heterocycles. The molecule has 0 spiro atoms. The van der Waals surface area contributed by atoms with Crippen LogP contribution in [-0.2, 0) is 21.3 Å². The molecule has 0 aliphatic rings. The van der Waals surface area contributed by atoms with Gasteiger partial charge < -0.3 is 13.3 Å². The van der Waals surface area contributed by atoms with Crippen LogP contribution < -0.4 is 4.18 Å². The van der Waals surface area contributed by atoms with Gasteiger partial charge in [0.05, 0.1) is 12.1 Å². The zero-order chi connectivity index (χ0) is 18.3. The molecule has 0 saturated heterocycles. The lowest BCUT2D eigenvalue weighted by molar-refractivity contribution is -0.0500. The third-order valence-electron chi connectivity index (χ3n) is 2.98. The van der Waals surface area contributed by atoms with Gasteiger partial charge in [-0.2, -0.15) is 21.6 Å². The van der Waals surface area contributed by atoms with E-state index in [1.807, 2.05) is 0 Å². The second-order valence-electron chi connectivity index (χ2n) is 4.52. The molecular weight excluding hydrogens is 377 g/mol. The van der Waals surface area contributed by atoms with Crippen LogP contribution in [0.3, 0.4) is 0 Å². The van der Waals surface area contributed by atoms with Gasteiger partial charge in [-0.1, -0.05) is 18.5 Å². The molecule has 24 heavy (non-hydrogen) atoms. The van der Waals surface area contributed by atoms with Crippen LogP contribution in [0.25, 0.3) is 11.0 Å². The largest absolute Gasteiger partial charge is 0.534 e. The van der Waals surface area contributed by atoms with Crippen molar-refractivity contribution in [2.45, 2.75) is 18.9 Å². The number of benzene rings is 1. The quantitative estimate of drug-likeness (QED) is 0.453. The summed E-state index contributed by atoms with van der Waals surface area (Å²) in [5.41, 5.74) is -6.53. The second kappa shape index (κ2) is 6.17. The van der Waals surface area contributed by atoms with Crippen molar-refractivity contribution < 1.29 is 39.7 Å². The van der Waals surface area contributed by atoms with E-state index in [1.54, 1.807) is 6.92 Å². The van der Waals surface area contributed by atoms with Crippen molar-refractivity contribution >= 4 is 38.7 Å². The van der Waals surface area contributed by atoms with Crippen LogP contribution >= 0.6 is 11.6 Å². The summed E-state index contributed by atoms with van der Waals surface area (Å²) in [6.07, 6.45) is 0.421. The predicted molar refractivity (Wildman–Crippen MR) is 77.5 cm³/mol. The van der Waals surface area contributed by atoms with E-state index in [0.29, 0.717) is 12.2 Å². The average Bonchev–Trinajstić information content (AvgIpc) is 2.88. The number of aryl methyl sites for hydroxylation is 1. The van der Waals surface area contributed by atoms with Gasteiger partial charge in [-0.15, -0.1) is 0 Å². The minimum absolute atomic E-state index is 0.185. The van der Waals surface area contributed by atoms with Crippen LogP contribution in [0.5, 0.6) is 5.75 Å². The lowest BCUT2D eigenvalue weighted by atomic mass is 10.1. The highest BCUT2D eigenvalue weighted by Gasteiger charge is 2.49. The summed E-state index contributed by atoms with van der Waals surface area (Å²) in [6.45, 7) is 1.74. The maximum atomic E-state index is 12.5. The van der Waals surface area contributed by atoms with Crippen molar-refractivity contribution in [3.63, 3.8) is 0 Å². The lowest BCUT2D eigenvalue weighted by Gasteiger charge is -2.13. The fourth-order valence-corrected chi connectivity index (χ4v) is 2.67. The third kappa shape index (κ3) is 3.16. The smallest absolute Gasteiger partial charge is 0.465 e. The topological polar surface area (TPSA) is 82.8 Å². The van der Waals surface area contributed by atoms with Crippen molar-refractivity contribution in [1.29, 1.82) is 0 Å². The number of carbonyl (C=O) groups excluding carboxylic acids is 1. The van der Waals surface area contributed by atoms with E-state index in [1.165, 1.54) is 6.07 Å². The van der Waals surface area contributed by atoms with Crippen molar-refractivity contribution in [2.75, 3.05) is 7.11 Å². The number of carbonyl (C=O) groups is 1. The molecule has 2 rings (SSSR count). The molecule has 0 fully saturated rings. The van der Waals surface area contributed by atoms with Crippen LogP contribution in [0.1, 0.15) is 23.0 Å². The summed E-state index contributed by atoms with van der Waals surface area (Å²) in [5.74, 6) is -1.76. The molecule has 132 valence electrons. The molecule has 0 amide bonds. The van der Waals surface area contributed by atoms with Gasteiger partial charge in [-0.3, -0.25) is 0 Å². The Morgan fingerprint density at radius 1 is 1.33 bits per heavy atom. The summed E-state index contributed by atoms with van der Waals surface area (Å²) in [5, 5.41) is -0.229. The molecule has 0 N–H and O–H groups in total. The van der Waals surface area contributed by atoms with Gasteiger partial charge >= 0.3 is 21.6 Å². The Bertz CT molecular complexity index is 901. The summed E-state index contributed by atoms with van der Waals surface area (Å²) in [6, 6.07) is 2.64. The zero-order valence-corrected chi connectivity index (χ0v) is 13.8. The Balaban J connectivity index is 2.77. The van der Waals surface area contributed by atoms with Crippen molar-refractivity contribution in [3.05, 3.63) is 28.5 Å². The molecule has 0 radical (unpaired) electrons. The standard InChI is InChI=1S/C13H10ClF3O6S/c1-3-7-4-6-5-8(14)11(23-24(19,20)13(15,16)17)9(10(6)22-7)12(18)21-2/h4-5H,3H2,1-2H3. The molecule has 1 aromatic carbocycles. The van der Waals surface area contributed by atoms with E-state index < -0.39 is 37.9 Å². The highest BCUT2D eigenvalue weighted by atomic mass is 35.5. The number of esters is 1. The molecule has 0 unspecified atom stereocenters. The van der Waals surface area contributed by atoms with Gasteiger partial charge in [-0.05, 0) is 12.1 Å². The van der Waals surface area contributed by atoms with Crippen molar-refractivity contribution in [3.8, 4) is 5.75 Å². The number of rotatable bonds is 4. The number of methoxy groups -OCH3 is 1. The Morgan fingerprint density at radius 3 is 2.46 bits per heavy atom. The highest BCUT2D eigenvalue weighted by Crippen LogP contribution is 2.40. The van der Waals surface area contributed by atoms with Gasteiger partial charge in [-0.25, -0.2) is 4.79 Å². The minimum Gasteiger partial charge on any atom is -0.465 e. The summed E-state index contributed by atoms with van der Waals surface area (Å²) in [4.78, 5) is 11.9. The lowest BCUT2D eigenvalue weighted by Crippen LogP contribution is -2.28. The number of fused-ring (bicyclic) bond motifs is 1. The Kier molecular flexibility index (Phi) is 4.73. The number of furan rings is 1. The van der Waals surface area contributed by atoms with Crippen molar-refractivity contribution in [1.82, 2.24) is 0 Å². The third-order valence-corrected chi connectivity index (χ3v) is 4.21. The summed E-state index contributed by atoms with van der Waals surface area (Å²) < 4.78 is 74.0. The molecule has 1 aromatic heterocycles. The van der Waals surface area contributed by atoms with Gasteiger partial charge in [0, 0.05) is 11.8 Å². The van der Waals surface area contributed by atoms with Crippen molar-refractivity contribution in [2.24, 2.45) is 0 Å². The Morgan fingerprint density at radius 2 is 1.96 bits per heavy atom. The number of ether oxygens (including phenoxy) is 1. The minimum atomic E-state index is -6.04. The van der Waals surface area contributed by atoms with E-state index in [9.17, 15) is 26.4 Å². The maximum Gasteiger partial charge on any atom is 0.534 e. The molecule has 1 heterocycles. The molecule has 0 atom stereocenters. The van der Waals surface area contributed by atoms with Gasteiger partial charge in [0.15, 0.2) is 11.3 Å².